The monoisotopic (exact) mass is 353 g/mol. The van der Waals surface area contributed by atoms with E-state index in [1.165, 1.54) is 37.0 Å². The topological polar surface area (TPSA) is 12.0 Å². The van der Waals surface area contributed by atoms with Crippen LogP contribution in [-0.4, -0.2) is 7.05 Å². The van der Waals surface area contributed by atoms with Crippen LogP contribution in [0.25, 0.3) is 20.2 Å². The highest BCUT2D eigenvalue weighted by Crippen LogP contribution is 2.46. The third kappa shape index (κ3) is 2.66. The largest absolute Gasteiger partial charge is 0.387 e. The summed E-state index contributed by atoms with van der Waals surface area (Å²) in [5, 5.41) is 6.48. The number of rotatable bonds is 6. The number of benzene rings is 2. The molecule has 0 bridgehead atoms. The second kappa shape index (κ2) is 7.37. The van der Waals surface area contributed by atoms with Crippen molar-refractivity contribution in [3.8, 4) is 0 Å². The molecule has 0 saturated heterocycles. The Hall–Kier alpha value is -1.54. The summed E-state index contributed by atoms with van der Waals surface area (Å²) < 4.78 is 3.03. The fourth-order valence-electron chi connectivity index (χ4n) is 4.52. The molecule has 1 aromatic heterocycles. The molecule has 0 unspecified atom stereocenters. The van der Waals surface area contributed by atoms with Crippen molar-refractivity contribution in [1.82, 2.24) is 0 Å². The average molecular weight is 354 g/mol. The van der Waals surface area contributed by atoms with E-state index in [2.05, 4.69) is 59.1 Å². The highest BCUT2D eigenvalue weighted by Gasteiger charge is 2.21. The van der Waals surface area contributed by atoms with Crippen molar-refractivity contribution < 1.29 is 0 Å². The summed E-state index contributed by atoms with van der Waals surface area (Å²) in [5.74, 6) is 0. The van der Waals surface area contributed by atoms with Gasteiger partial charge in [-0.1, -0.05) is 46.8 Å². The van der Waals surface area contributed by atoms with Crippen LogP contribution in [-0.2, 0) is 32.1 Å². The lowest BCUT2D eigenvalue weighted by atomic mass is 9.90. The Balaban J connectivity index is 2.58. The predicted octanol–water partition coefficient (Wildman–Crippen LogP) is 6.91. The van der Waals surface area contributed by atoms with E-state index in [0.29, 0.717) is 0 Å². The van der Waals surface area contributed by atoms with Crippen LogP contribution < -0.4 is 5.32 Å². The van der Waals surface area contributed by atoms with E-state index in [0.717, 1.165) is 32.1 Å². The SMILES string of the molecule is CCc1ccc2c(sc3c(CC)c(CC)c(CC)c(NC)c32)c1CC. The van der Waals surface area contributed by atoms with E-state index < -0.39 is 0 Å². The predicted molar refractivity (Wildman–Crippen MR) is 116 cm³/mol. The Labute approximate surface area is 156 Å². The van der Waals surface area contributed by atoms with Crippen molar-refractivity contribution in [2.45, 2.75) is 66.7 Å². The number of hydrogen-bond donors (Lipinski definition) is 1. The summed E-state index contributed by atoms with van der Waals surface area (Å²) in [4.78, 5) is 0. The first kappa shape index (κ1) is 18.3. The Morgan fingerprint density at radius 3 is 1.88 bits per heavy atom. The Morgan fingerprint density at radius 2 is 1.36 bits per heavy atom. The van der Waals surface area contributed by atoms with Gasteiger partial charge in [0, 0.05) is 32.9 Å². The van der Waals surface area contributed by atoms with Crippen LogP contribution in [0.4, 0.5) is 5.69 Å². The average Bonchev–Trinajstić information content (AvgIpc) is 3.03. The summed E-state index contributed by atoms with van der Waals surface area (Å²) in [7, 11) is 2.09. The molecule has 0 radical (unpaired) electrons. The van der Waals surface area contributed by atoms with Crippen LogP contribution >= 0.6 is 11.3 Å². The van der Waals surface area contributed by atoms with Crippen LogP contribution in [0.2, 0.25) is 0 Å². The normalized spacial score (nSPS) is 11.6. The van der Waals surface area contributed by atoms with E-state index >= 15 is 0 Å². The van der Waals surface area contributed by atoms with Crippen molar-refractivity contribution in [1.29, 1.82) is 0 Å². The molecule has 2 aromatic carbocycles. The summed E-state index contributed by atoms with van der Waals surface area (Å²) in [6, 6.07) is 4.73. The van der Waals surface area contributed by atoms with Crippen molar-refractivity contribution >= 4 is 37.2 Å². The third-order valence-electron chi connectivity index (χ3n) is 5.66. The molecule has 1 nitrogen and oxygen atoms in total. The standard InChI is InChI=1S/C23H31NS/c1-7-14-12-13-19-20-21(24-6)17(10-4)16(9-3)18(11-5)23(20)25-22(19)15(14)8-2/h12-13,24H,7-11H2,1-6H3. The maximum absolute atomic E-state index is 3.57. The minimum absolute atomic E-state index is 1.09. The zero-order chi connectivity index (χ0) is 18.1. The van der Waals surface area contributed by atoms with Crippen molar-refractivity contribution in [3.63, 3.8) is 0 Å². The molecule has 3 rings (SSSR count). The molecule has 0 atom stereocenters. The maximum Gasteiger partial charge on any atom is 0.0467 e. The zero-order valence-electron chi connectivity index (χ0n) is 16.6. The second-order valence-electron chi connectivity index (χ2n) is 6.71. The molecular weight excluding hydrogens is 322 g/mol. The summed E-state index contributed by atoms with van der Waals surface area (Å²) in [5.41, 5.74) is 9.10. The number of thiophene rings is 1. The molecular formula is C23H31NS. The van der Waals surface area contributed by atoms with Gasteiger partial charge in [0.2, 0.25) is 0 Å². The van der Waals surface area contributed by atoms with Gasteiger partial charge < -0.3 is 5.32 Å². The number of hydrogen-bond acceptors (Lipinski definition) is 2. The molecule has 134 valence electrons. The molecule has 0 aliphatic heterocycles. The van der Waals surface area contributed by atoms with Crippen LogP contribution in [0, 0.1) is 0 Å². The fourth-order valence-corrected chi connectivity index (χ4v) is 6.11. The highest BCUT2D eigenvalue weighted by atomic mass is 32.1. The summed E-state index contributed by atoms with van der Waals surface area (Å²) in [6.45, 7) is 11.5. The Kier molecular flexibility index (Phi) is 5.38. The van der Waals surface area contributed by atoms with Gasteiger partial charge in [-0.25, -0.2) is 0 Å². The van der Waals surface area contributed by atoms with Gasteiger partial charge in [-0.05, 0) is 59.9 Å². The first-order chi connectivity index (χ1) is 12.2. The molecule has 1 heterocycles. The molecule has 0 spiro atoms. The van der Waals surface area contributed by atoms with Gasteiger partial charge in [0.15, 0.2) is 0 Å². The van der Waals surface area contributed by atoms with Crippen LogP contribution in [0.1, 0.15) is 62.4 Å². The number of anilines is 1. The molecule has 25 heavy (non-hydrogen) atoms. The number of nitrogens with one attached hydrogen (secondary N) is 1. The summed E-state index contributed by atoms with van der Waals surface area (Å²) >= 11 is 2.03. The summed E-state index contributed by atoms with van der Waals surface area (Å²) in [6.07, 6.45) is 5.56. The Bertz CT molecular complexity index is 917. The van der Waals surface area contributed by atoms with Crippen LogP contribution in [0.5, 0.6) is 0 Å². The van der Waals surface area contributed by atoms with Gasteiger partial charge in [0.25, 0.3) is 0 Å². The lowest BCUT2D eigenvalue weighted by molar-refractivity contribution is 0.996. The minimum atomic E-state index is 1.09. The van der Waals surface area contributed by atoms with Gasteiger partial charge in [-0.15, -0.1) is 11.3 Å². The molecule has 0 saturated carbocycles. The van der Waals surface area contributed by atoms with Crippen molar-refractivity contribution in [2.24, 2.45) is 0 Å². The molecule has 1 N–H and O–H groups in total. The molecule has 0 amide bonds. The molecule has 0 aliphatic carbocycles. The van der Waals surface area contributed by atoms with E-state index in [9.17, 15) is 0 Å². The molecule has 3 aromatic rings. The maximum atomic E-state index is 3.57. The minimum Gasteiger partial charge on any atom is -0.387 e. The third-order valence-corrected chi connectivity index (χ3v) is 6.98. The van der Waals surface area contributed by atoms with Gasteiger partial charge >= 0.3 is 0 Å². The van der Waals surface area contributed by atoms with E-state index in [1.54, 1.807) is 16.7 Å². The number of aryl methyl sites for hydroxylation is 3. The number of fused-ring (bicyclic) bond motifs is 3. The van der Waals surface area contributed by atoms with E-state index in [4.69, 9.17) is 0 Å². The van der Waals surface area contributed by atoms with Gasteiger partial charge in [-0.3, -0.25) is 0 Å². The van der Waals surface area contributed by atoms with E-state index in [1.807, 2.05) is 11.3 Å². The molecule has 0 fully saturated rings. The van der Waals surface area contributed by atoms with Gasteiger partial charge in [0.1, 0.15) is 0 Å². The fraction of sp³-hybridized carbons (Fsp3) is 0.478. The van der Waals surface area contributed by atoms with Gasteiger partial charge in [0.05, 0.1) is 0 Å². The van der Waals surface area contributed by atoms with Crippen molar-refractivity contribution in [2.75, 3.05) is 12.4 Å². The molecule has 0 aliphatic rings. The first-order valence-corrected chi connectivity index (χ1v) is 10.7. The zero-order valence-corrected chi connectivity index (χ0v) is 17.4. The second-order valence-corrected chi connectivity index (χ2v) is 7.74. The van der Waals surface area contributed by atoms with E-state index in [-0.39, 0.29) is 0 Å². The van der Waals surface area contributed by atoms with Gasteiger partial charge in [-0.2, -0.15) is 0 Å². The van der Waals surface area contributed by atoms with Crippen molar-refractivity contribution in [3.05, 3.63) is 39.9 Å². The van der Waals surface area contributed by atoms with Crippen LogP contribution in [0.15, 0.2) is 12.1 Å². The lowest BCUT2D eigenvalue weighted by Gasteiger charge is -2.19. The van der Waals surface area contributed by atoms with Crippen LogP contribution in [0.3, 0.4) is 0 Å². The first-order valence-electron chi connectivity index (χ1n) is 9.87. The smallest absolute Gasteiger partial charge is 0.0467 e. The Morgan fingerprint density at radius 1 is 0.720 bits per heavy atom. The quantitative estimate of drug-likeness (QED) is 0.508. The lowest BCUT2D eigenvalue weighted by Crippen LogP contribution is -2.04. The molecule has 2 heteroatoms. The highest BCUT2D eigenvalue weighted by molar-refractivity contribution is 7.26.